The molecule has 0 saturated heterocycles. The third-order valence-electron chi connectivity index (χ3n) is 3.23. The van der Waals surface area contributed by atoms with Gasteiger partial charge in [0.1, 0.15) is 0 Å². The molecule has 1 nitrogen and oxygen atoms in total. The highest BCUT2D eigenvalue weighted by molar-refractivity contribution is 5.36. The second kappa shape index (κ2) is 4.36. The molecule has 0 unspecified atom stereocenters. The molecule has 0 fully saturated rings. The Morgan fingerprint density at radius 2 is 1.80 bits per heavy atom. The summed E-state index contributed by atoms with van der Waals surface area (Å²) in [5.74, 6) is 0.594. The molecule has 0 bridgehead atoms. The Labute approximate surface area is 93.9 Å². The van der Waals surface area contributed by atoms with Gasteiger partial charge in [-0.15, -0.1) is 0 Å². The Morgan fingerprint density at radius 3 is 2.27 bits per heavy atom. The van der Waals surface area contributed by atoms with E-state index < -0.39 is 0 Å². The Bertz CT molecular complexity index is 337. The van der Waals surface area contributed by atoms with Crippen molar-refractivity contribution in [2.24, 2.45) is 0 Å². The first-order valence-corrected chi connectivity index (χ1v) is 5.68. The first-order valence-electron chi connectivity index (χ1n) is 5.68. The second-order valence-electron chi connectivity index (χ2n) is 5.10. The zero-order valence-corrected chi connectivity index (χ0v) is 10.8. The molecule has 0 saturated carbocycles. The predicted molar refractivity (Wildman–Crippen MR) is 67.4 cm³/mol. The molecule has 1 N–H and O–H groups in total. The van der Waals surface area contributed by atoms with Gasteiger partial charge in [0.2, 0.25) is 0 Å². The van der Waals surface area contributed by atoms with Crippen LogP contribution in [0, 0.1) is 6.92 Å². The van der Waals surface area contributed by atoms with Crippen molar-refractivity contribution in [3.63, 3.8) is 0 Å². The van der Waals surface area contributed by atoms with Crippen LogP contribution in [0.2, 0.25) is 0 Å². The summed E-state index contributed by atoms with van der Waals surface area (Å²) in [4.78, 5) is 0. The van der Waals surface area contributed by atoms with Gasteiger partial charge in [0.15, 0.2) is 0 Å². The minimum atomic E-state index is 0.0506. The number of aryl methyl sites for hydroxylation is 1. The number of nitrogens with one attached hydrogen (secondary N) is 1. The molecule has 0 aliphatic heterocycles. The maximum Gasteiger partial charge on any atom is 0.0377 e. The van der Waals surface area contributed by atoms with E-state index in [0.717, 1.165) is 0 Å². The molecule has 15 heavy (non-hydrogen) atoms. The van der Waals surface area contributed by atoms with Crippen molar-refractivity contribution in [3.8, 4) is 0 Å². The third kappa shape index (κ3) is 2.60. The van der Waals surface area contributed by atoms with Crippen LogP contribution in [0.15, 0.2) is 18.2 Å². The summed E-state index contributed by atoms with van der Waals surface area (Å²) in [6.45, 7) is 11.1. The Morgan fingerprint density at radius 1 is 1.20 bits per heavy atom. The van der Waals surface area contributed by atoms with Crippen LogP contribution in [0.1, 0.15) is 50.3 Å². The predicted octanol–water partition coefficient (Wildman–Crippen LogP) is 3.57. The van der Waals surface area contributed by atoms with Gasteiger partial charge in [-0.1, -0.05) is 32.0 Å². The first-order chi connectivity index (χ1) is 6.88. The molecule has 1 heteroatoms. The van der Waals surface area contributed by atoms with Crippen molar-refractivity contribution in [2.45, 2.75) is 46.1 Å². The van der Waals surface area contributed by atoms with E-state index in [9.17, 15) is 0 Å². The lowest BCUT2D eigenvalue weighted by Gasteiger charge is -2.27. The smallest absolute Gasteiger partial charge is 0.0377 e. The van der Waals surface area contributed by atoms with Gasteiger partial charge in [0.25, 0.3) is 0 Å². The van der Waals surface area contributed by atoms with Crippen molar-refractivity contribution in [1.29, 1.82) is 0 Å². The normalized spacial score (nSPS) is 12.2. The van der Waals surface area contributed by atoms with E-state index in [0.29, 0.717) is 5.92 Å². The Hall–Kier alpha value is -0.820. The van der Waals surface area contributed by atoms with Gasteiger partial charge in [-0.05, 0) is 50.4 Å². The lowest BCUT2D eigenvalue weighted by Crippen LogP contribution is -2.34. The van der Waals surface area contributed by atoms with Crippen molar-refractivity contribution in [1.82, 2.24) is 5.32 Å². The van der Waals surface area contributed by atoms with Crippen LogP contribution in [0.4, 0.5) is 0 Å². The average Bonchev–Trinajstić information content (AvgIpc) is 2.17. The summed E-state index contributed by atoms with van der Waals surface area (Å²) < 4.78 is 0. The lowest BCUT2D eigenvalue weighted by molar-refractivity contribution is 0.441. The van der Waals surface area contributed by atoms with E-state index >= 15 is 0 Å². The van der Waals surface area contributed by atoms with Gasteiger partial charge in [0.05, 0.1) is 0 Å². The fourth-order valence-electron chi connectivity index (χ4n) is 1.81. The van der Waals surface area contributed by atoms with Crippen molar-refractivity contribution < 1.29 is 0 Å². The minimum Gasteiger partial charge on any atom is -0.311 e. The van der Waals surface area contributed by atoms with E-state index in [-0.39, 0.29) is 5.54 Å². The first kappa shape index (κ1) is 12.3. The summed E-state index contributed by atoms with van der Waals surface area (Å²) in [5.41, 5.74) is 4.23. The summed E-state index contributed by atoms with van der Waals surface area (Å²) in [5, 5.41) is 3.36. The zero-order chi connectivity index (χ0) is 11.6. The van der Waals surface area contributed by atoms with Gasteiger partial charge < -0.3 is 5.32 Å². The third-order valence-corrected chi connectivity index (χ3v) is 3.23. The quantitative estimate of drug-likeness (QED) is 0.795. The maximum atomic E-state index is 3.36. The van der Waals surface area contributed by atoms with Crippen LogP contribution in [0.3, 0.4) is 0 Å². The highest BCUT2D eigenvalue weighted by Crippen LogP contribution is 2.26. The average molecular weight is 205 g/mol. The molecule has 0 atom stereocenters. The molecule has 0 radical (unpaired) electrons. The van der Waals surface area contributed by atoms with E-state index in [1.54, 1.807) is 0 Å². The number of hydrogen-bond donors (Lipinski definition) is 1. The van der Waals surface area contributed by atoms with Crippen LogP contribution in [-0.4, -0.2) is 7.05 Å². The Kier molecular flexibility index (Phi) is 3.56. The fourth-order valence-corrected chi connectivity index (χ4v) is 1.81. The SMILES string of the molecule is CNC(C)(C)c1cc(C(C)C)ccc1C. The van der Waals surface area contributed by atoms with Crippen molar-refractivity contribution in [2.75, 3.05) is 7.05 Å². The zero-order valence-electron chi connectivity index (χ0n) is 10.8. The van der Waals surface area contributed by atoms with Crippen LogP contribution in [0.25, 0.3) is 0 Å². The monoisotopic (exact) mass is 205 g/mol. The van der Waals surface area contributed by atoms with Gasteiger partial charge >= 0.3 is 0 Å². The molecule has 0 aliphatic rings. The minimum absolute atomic E-state index is 0.0506. The lowest BCUT2D eigenvalue weighted by atomic mass is 9.87. The number of hydrogen-bond acceptors (Lipinski definition) is 1. The number of benzene rings is 1. The van der Waals surface area contributed by atoms with E-state index in [1.165, 1.54) is 16.7 Å². The molecule has 0 amide bonds. The molecular weight excluding hydrogens is 182 g/mol. The van der Waals surface area contributed by atoms with Crippen LogP contribution < -0.4 is 5.32 Å². The van der Waals surface area contributed by atoms with Gasteiger partial charge in [0, 0.05) is 5.54 Å². The fraction of sp³-hybridized carbons (Fsp3) is 0.571. The standard InChI is InChI=1S/C14H23N/c1-10(2)12-8-7-11(3)13(9-12)14(4,5)15-6/h7-10,15H,1-6H3. The largest absolute Gasteiger partial charge is 0.311 e. The molecule has 0 heterocycles. The van der Waals surface area contributed by atoms with Crippen molar-refractivity contribution in [3.05, 3.63) is 34.9 Å². The van der Waals surface area contributed by atoms with Gasteiger partial charge in [-0.2, -0.15) is 0 Å². The number of rotatable bonds is 3. The molecule has 1 aromatic rings. The van der Waals surface area contributed by atoms with E-state index in [1.807, 2.05) is 7.05 Å². The van der Waals surface area contributed by atoms with Gasteiger partial charge in [-0.3, -0.25) is 0 Å². The summed E-state index contributed by atoms with van der Waals surface area (Å²) in [6, 6.07) is 6.79. The van der Waals surface area contributed by atoms with E-state index in [4.69, 9.17) is 0 Å². The molecule has 0 aromatic heterocycles. The van der Waals surface area contributed by atoms with Crippen molar-refractivity contribution >= 4 is 0 Å². The summed E-state index contributed by atoms with van der Waals surface area (Å²) >= 11 is 0. The highest BCUT2D eigenvalue weighted by Gasteiger charge is 2.20. The van der Waals surface area contributed by atoms with E-state index in [2.05, 4.69) is 58.1 Å². The molecule has 1 aromatic carbocycles. The second-order valence-corrected chi connectivity index (χ2v) is 5.10. The molecule has 0 spiro atoms. The summed E-state index contributed by atoms with van der Waals surface area (Å²) in [7, 11) is 2.02. The molecule has 0 aliphatic carbocycles. The highest BCUT2D eigenvalue weighted by atomic mass is 14.9. The van der Waals surface area contributed by atoms with Gasteiger partial charge in [-0.25, -0.2) is 0 Å². The van der Waals surface area contributed by atoms with Crippen LogP contribution in [0.5, 0.6) is 0 Å². The Balaban J connectivity index is 3.22. The topological polar surface area (TPSA) is 12.0 Å². The molecule has 1 rings (SSSR count). The van der Waals surface area contributed by atoms with Crippen LogP contribution in [-0.2, 0) is 5.54 Å². The maximum absolute atomic E-state index is 3.36. The molecular formula is C14H23N. The van der Waals surface area contributed by atoms with Crippen LogP contribution >= 0.6 is 0 Å². The molecule has 84 valence electrons. The summed E-state index contributed by atoms with van der Waals surface area (Å²) in [6.07, 6.45) is 0.